The number of pyridine rings is 1. The van der Waals surface area contributed by atoms with Crippen LogP contribution in [0.15, 0.2) is 42.9 Å². The summed E-state index contributed by atoms with van der Waals surface area (Å²) in [7, 11) is 0. The molecule has 8 heteroatoms. The molecule has 1 aliphatic heterocycles. The molecule has 1 N–H and O–H groups in total. The Balaban J connectivity index is 1.62. The van der Waals surface area contributed by atoms with E-state index in [1.165, 1.54) is 30.7 Å². The second-order valence-corrected chi connectivity index (χ2v) is 4.83. The summed E-state index contributed by atoms with van der Waals surface area (Å²) in [4.78, 5) is 52.1. The van der Waals surface area contributed by atoms with E-state index in [2.05, 4.69) is 15.0 Å². The molecule has 2 aromatic heterocycles. The van der Waals surface area contributed by atoms with Gasteiger partial charge >= 0.3 is 5.97 Å². The van der Waals surface area contributed by atoms with E-state index in [1.54, 1.807) is 12.1 Å². The van der Waals surface area contributed by atoms with E-state index >= 15 is 0 Å². The van der Waals surface area contributed by atoms with Gasteiger partial charge in [-0.3, -0.25) is 9.59 Å². The van der Waals surface area contributed by atoms with Gasteiger partial charge in [-0.2, -0.15) is 0 Å². The van der Waals surface area contributed by atoms with Crippen LogP contribution in [-0.2, 0) is 4.84 Å². The number of rotatable bonds is 2. The van der Waals surface area contributed by atoms with Crippen LogP contribution in [-0.4, -0.2) is 37.8 Å². The van der Waals surface area contributed by atoms with Crippen molar-refractivity contribution in [3.63, 3.8) is 0 Å². The number of aromatic nitrogens is 3. The predicted octanol–water partition coefficient (Wildman–Crippen LogP) is 1.33. The summed E-state index contributed by atoms with van der Waals surface area (Å²) in [6, 6.07) is 7.75. The van der Waals surface area contributed by atoms with Gasteiger partial charge in [0, 0.05) is 6.20 Å². The van der Waals surface area contributed by atoms with Gasteiger partial charge < -0.3 is 9.82 Å². The molecule has 2 amide bonds. The summed E-state index contributed by atoms with van der Waals surface area (Å²) in [6.07, 6.45) is 2.71. The van der Waals surface area contributed by atoms with Crippen molar-refractivity contribution < 1.29 is 19.2 Å². The maximum absolute atomic E-state index is 12.2. The first-order chi connectivity index (χ1) is 11.1. The standard InChI is InChI=1S/C15H8N4O4/c20-13-9-3-1-2-4-10(9)14(21)19(13)23-15(22)8-5-11-12(16-6-8)18-7-17-11/h1-7H,(H,16,17,18). The number of fused-ring (bicyclic) bond motifs is 2. The van der Waals surface area contributed by atoms with Crippen molar-refractivity contribution in [2.75, 3.05) is 0 Å². The Hall–Kier alpha value is -3.55. The molecule has 0 atom stereocenters. The first-order valence-electron chi connectivity index (χ1n) is 6.64. The van der Waals surface area contributed by atoms with Crippen molar-refractivity contribution in [3.05, 3.63) is 59.5 Å². The minimum absolute atomic E-state index is 0.0957. The quantitative estimate of drug-likeness (QED) is 0.716. The van der Waals surface area contributed by atoms with E-state index < -0.39 is 17.8 Å². The fourth-order valence-electron chi connectivity index (χ4n) is 2.33. The van der Waals surface area contributed by atoms with Crippen LogP contribution in [0.5, 0.6) is 0 Å². The Labute approximate surface area is 128 Å². The summed E-state index contributed by atoms with van der Waals surface area (Å²) in [5, 5.41) is 0.462. The molecule has 8 nitrogen and oxygen atoms in total. The number of carbonyl (C=O) groups excluding carboxylic acids is 3. The van der Waals surface area contributed by atoms with Crippen LogP contribution in [0.1, 0.15) is 31.1 Å². The molecule has 0 radical (unpaired) electrons. The molecule has 1 aliphatic rings. The van der Waals surface area contributed by atoms with Gasteiger partial charge in [-0.1, -0.05) is 17.2 Å². The van der Waals surface area contributed by atoms with Crippen molar-refractivity contribution in [1.29, 1.82) is 0 Å². The molecule has 1 aromatic carbocycles. The lowest BCUT2D eigenvalue weighted by atomic mass is 10.1. The summed E-state index contributed by atoms with van der Waals surface area (Å²) in [5.74, 6) is -2.20. The average molecular weight is 308 g/mol. The highest BCUT2D eigenvalue weighted by Gasteiger charge is 2.38. The lowest BCUT2D eigenvalue weighted by molar-refractivity contribution is -0.0584. The summed E-state index contributed by atoms with van der Waals surface area (Å²) >= 11 is 0. The molecule has 3 aromatic rings. The Bertz CT molecular complexity index is 943. The average Bonchev–Trinajstić information content (AvgIpc) is 3.13. The fourth-order valence-corrected chi connectivity index (χ4v) is 2.33. The van der Waals surface area contributed by atoms with Crippen LogP contribution >= 0.6 is 0 Å². The van der Waals surface area contributed by atoms with Gasteiger partial charge in [0.05, 0.1) is 28.5 Å². The van der Waals surface area contributed by atoms with Crippen LogP contribution in [0.3, 0.4) is 0 Å². The number of aromatic amines is 1. The molecule has 0 unspecified atom stereocenters. The minimum Gasteiger partial charge on any atom is -0.343 e. The summed E-state index contributed by atoms with van der Waals surface area (Å²) in [6.45, 7) is 0. The third-order valence-electron chi connectivity index (χ3n) is 3.44. The Kier molecular flexibility index (Phi) is 2.70. The van der Waals surface area contributed by atoms with E-state index in [4.69, 9.17) is 4.84 Å². The van der Waals surface area contributed by atoms with E-state index in [0.717, 1.165) is 0 Å². The third-order valence-corrected chi connectivity index (χ3v) is 3.44. The molecular weight excluding hydrogens is 300 g/mol. The fraction of sp³-hybridized carbons (Fsp3) is 0. The lowest BCUT2D eigenvalue weighted by Crippen LogP contribution is -2.32. The highest BCUT2D eigenvalue weighted by Crippen LogP contribution is 2.23. The zero-order chi connectivity index (χ0) is 16.0. The number of benzene rings is 1. The maximum atomic E-state index is 12.2. The van der Waals surface area contributed by atoms with Gasteiger partial charge in [-0.25, -0.2) is 14.8 Å². The number of carbonyl (C=O) groups is 3. The minimum atomic E-state index is -0.858. The van der Waals surface area contributed by atoms with Crippen LogP contribution in [0.2, 0.25) is 0 Å². The van der Waals surface area contributed by atoms with Crippen molar-refractivity contribution in [2.45, 2.75) is 0 Å². The van der Waals surface area contributed by atoms with Gasteiger partial charge in [0.2, 0.25) is 0 Å². The van der Waals surface area contributed by atoms with E-state index in [9.17, 15) is 14.4 Å². The zero-order valence-electron chi connectivity index (χ0n) is 11.5. The molecule has 112 valence electrons. The van der Waals surface area contributed by atoms with Gasteiger partial charge in [-0.05, 0) is 18.2 Å². The maximum Gasteiger partial charge on any atom is 0.365 e. The molecule has 0 spiro atoms. The number of hydrogen-bond donors (Lipinski definition) is 1. The van der Waals surface area contributed by atoms with Crippen LogP contribution < -0.4 is 0 Å². The van der Waals surface area contributed by atoms with Crippen LogP contribution in [0, 0.1) is 0 Å². The molecule has 0 aliphatic carbocycles. The van der Waals surface area contributed by atoms with E-state index in [-0.39, 0.29) is 16.7 Å². The second kappa shape index (κ2) is 4.73. The summed E-state index contributed by atoms with van der Waals surface area (Å²) < 4.78 is 0. The molecular formula is C15H8N4O4. The first kappa shape index (κ1) is 13.1. The number of hydroxylamine groups is 2. The van der Waals surface area contributed by atoms with Crippen molar-refractivity contribution >= 4 is 28.9 Å². The van der Waals surface area contributed by atoms with Gasteiger partial charge in [0.25, 0.3) is 11.8 Å². The number of hydrogen-bond acceptors (Lipinski definition) is 6. The molecule has 0 bridgehead atoms. The first-order valence-corrected chi connectivity index (χ1v) is 6.64. The zero-order valence-corrected chi connectivity index (χ0v) is 11.5. The van der Waals surface area contributed by atoms with Crippen molar-refractivity contribution in [2.24, 2.45) is 0 Å². The highest BCUT2D eigenvalue weighted by molar-refractivity contribution is 6.21. The molecule has 0 saturated carbocycles. The number of imide groups is 1. The molecule has 0 saturated heterocycles. The number of amides is 2. The van der Waals surface area contributed by atoms with E-state index in [1.807, 2.05) is 0 Å². The van der Waals surface area contributed by atoms with E-state index in [0.29, 0.717) is 16.2 Å². The number of nitrogens with one attached hydrogen (secondary N) is 1. The normalized spacial score (nSPS) is 13.5. The topological polar surface area (TPSA) is 105 Å². The Morgan fingerprint density at radius 1 is 1.09 bits per heavy atom. The monoisotopic (exact) mass is 308 g/mol. The SMILES string of the molecule is O=C(ON1C(=O)c2ccccc2C1=O)c1cnc2nc[nH]c2c1. The molecule has 3 heterocycles. The van der Waals surface area contributed by atoms with Crippen LogP contribution in [0.4, 0.5) is 0 Å². The third kappa shape index (κ3) is 1.96. The van der Waals surface area contributed by atoms with Crippen LogP contribution in [0.25, 0.3) is 11.2 Å². The van der Waals surface area contributed by atoms with Gasteiger partial charge in [-0.15, -0.1) is 0 Å². The smallest absolute Gasteiger partial charge is 0.343 e. The molecule has 4 rings (SSSR count). The van der Waals surface area contributed by atoms with Crippen molar-refractivity contribution in [3.8, 4) is 0 Å². The second-order valence-electron chi connectivity index (χ2n) is 4.83. The Morgan fingerprint density at radius 2 is 1.78 bits per heavy atom. The Morgan fingerprint density at radius 3 is 2.48 bits per heavy atom. The molecule has 23 heavy (non-hydrogen) atoms. The lowest BCUT2D eigenvalue weighted by Gasteiger charge is -2.12. The number of H-pyrrole nitrogens is 1. The highest BCUT2D eigenvalue weighted by atomic mass is 16.7. The molecule has 0 fully saturated rings. The predicted molar refractivity (Wildman–Crippen MR) is 76.2 cm³/mol. The number of imidazole rings is 1. The number of nitrogens with zero attached hydrogens (tertiary/aromatic N) is 3. The van der Waals surface area contributed by atoms with Gasteiger partial charge in [0.1, 0.15) is 0 Å². The largest absolute Gasteiger partial charge is 0.365 e. The summed E-state index contributed by atoms with van der Waals surface area (Å²) in [5.41, 5.74) is 1.49. The van der Waals surface area contributed by atoms with Crippen molar-refractivity contribution in [1.82, 2.24) is 20.0 Å². The van der Waals surface area contributed by atoms with Gasteiger partial charge in [0.15, 0.2) is 5.65 Å².